The minimum atomic E-state index is -1.03. The fourth-order valence-corrected chi connectivity index (χ4v) is 1.09. The molecular weight excluding hydrogens is 174 g/mol. The number of nitrogens with two attached hydrogens (primary N) is 1. The molecule has 0 bridgehead atoms. The third-order valence-corrected chi connectivity index (χ3v) is 1.90. The SMILES string of the molecule is NC[C@H](O)C1C=CC(O)=C(O)C1=O. The molecule has 72 valence electrons. The molecule has 0 aromatic rings. The molecular formula is C8H11NO4. The Bertz CT molecular complexity index is 282. The topological polar surface area (TPSA) is 104 Å². The fraction of sp³-hybridized carbons (Fsp3) is 0.375. The highest BCUT2D eigenvalue weighted by Crippen LogP contribution is 2.19. The van der Waals surface area contributed by atoms with Crippen LogP contribution in [0.3, 0.4) is 0 Å². The first kappa shape index (κ1) is 9.76. The van der Waals surface area contributed by atoms with Crippen LogP contribution in [0.1, 0.15) is 0 Å². The second-order valence-electron chi connectivity index (χ2n) is 2.79. The van der Waals surface area contributed by atoms with Crippen molar-refractivity contribution in [3.8, 4) is 0 Å². The van der Waals surface area contributed by atoms with Crippen LogP contribution in [0.4, 0.5) is 0 Å². The van der Waals surface area contributed by atoms with Crippen molar-refractivity contribution in [3.63, 3.8) is 0 Å². The Labute approximate surface area is 74.8 Å². The number of carbonyl (C=O) groups excluding carboxylic acids is 1. The monoisotopic (exact) mass is 185 g/mol. The molecule has 1 unspecified atom stereocenters. The molecule has 0 saturated carbocycles. The first-order chi connectivity index (χ1) is 6.07. The Morgan fingerprint density at radius 1 is 1.54 bits per heavy atom. The smallest absolute Gasteiger partial charge is 0.210 e. The van der Waals surface area contributed by atoms with Gasteiger partial charge in [-0.2, -0.15) is 0 Å². The Morgan fingerprint density at radius 2 is 2.15 bits per heavy atom. The summed E-state index contributed by atoms with van der Waals surface area (Å²) >= 11 is 0. The van der Waals surface area contributed by atoms with Crippen molar-refractivity contribution in [2.75, 3.05) is 6.54 Å². The largest absolute Gasteiger partial charge is 0.504 e. The number of ketones is 1. The van der Waals surface area contributed by atoms with Gasteiger partial charge in [0.15, 0.2) is 5.76 Å². The van der Waals surface area contributed by atoms with Crippen LogP contribution >= 0.6 is 0 Å². The van der Waals surface area contributed by atoms with Crippen molar-refractivity contribution < 1.29 is 20.1 Å². The molecule has 0 amide bonds. The van der Waals surface area contributed by atoms with Crippen molar-refractivity contribution in [3.05, 3.63) is 23.7 Å². The van der Waals surface area contributed by atoms with Crippen LogP contribution < -0.4 is 5.73 Å². The maximum absolute atomic E-state index is 11.2. The third-order valence-electron chi connectivity index (χ3n) is 1.90. The molecule has 5 heteroatoms. The van der Waals surface area contributed by atoms with Crippen LogP contribution in [0, 0.1) is 5.92 Å². The summed E-state index contributed by atoms with van der Waals surface area (Å²) < 4.78 is 0. The molecule has 1 rings (SSSR count). The van der Waals surface area contributed by atoms with Gasteiger partial charge in [0, 0.05) is 6.54 Å². The molecule has 0 heterocycles. The molecule has 2 atom stereocenters. The number of hydrogen-bond acceptors (Lipinski definition) is 5. The Kier molecular flexibility index (Phi) is 2.69. The van der Waals surface area contributed by atoms with E-state index in [1.165, 1.54) is 12.2 Å². The highest BCUT2D eigenvalue weighted by molar-refractivity contribution is 5.98. The number of aliphatic hydroxyl groups excluding tert-OH is 3. The van der Waals surface area contributed by atoms with Crippen molar-refractivity contribution >= 4 is 5.78 Å². The number of aliphatic hydroxyl groups is 3. The molecule has 13 heavy (non-hydrogen) atoms. The Morgan fingerprint density at radius 3 is 2.69 bits per heavy atom. The zero-order chi connectivity index (χ0) is 10.0. The Hall–Kier alpha value is -1.33. The van der Waals surface area contributed by atoms with Crippen LogP contribution in [-0.2, 0) is 4.79 Å². The summed E-state index contributed by atoms with van der Waals surface area (Å²) in [5.74, 6) is -2.77. The van der Waals surface area contributed by atoms with E-state index >= 15 is 0 Å². The summed E-state index contributed by atoms with van der Waals surface area (Å²) in [6.07, 6.45) is 1.45. The van der Waals surface area contributed by atoms with Gasteiger partial charge in [-0.05, 0) is 6.08 Å². The van der Waals surface area contributed by atoms with Gasteiger partial charge in [-0.25, -0.2) is 0 Å². The molecule has 1 aliphatic carbocycles. The lowest BCUT2D eigenvalue weighted by Gasteiger charge is -2.19. The van der Waals surface area contributed by atoms with E-state index in [0.29, 0.717) is 0 Å². The summed E-state index contributed by atoms with van der Waals surface area (Å²) in [6.45, 7) is -0.0746. The maximum Gasteiger partial charge on any atom is 0.210 e. The fourth-order valence-electron chi connectivity index (χ4n) is 1.09. The molecule has 0 spiro atoms. The second-order valence-corrected chi connectivity index (χ2v) is 2.79. The summed E-state index contributed by atoms with van der Waals surface area (Å²) in [7, 11) is 0. The zero-order valence-corrected chi connectivity index (χ0v) is 6.84. The second kappa shape index (κ2) is 3.59. The lowest BCUT2D eigenvalue weighted by atomic mass is 9.92. The summed E-state index contributed by atoms with van der Waals surface area (Å²) in [5, 5.41) is 27.2. The average molecular weight is 185 g/mol. The van der Waals surface area contributed by atoms with E-state index in [1.54, 1.807) is 0 Å². The number of Topliss-reactive ketones (excluding diaryl/α,β-unsaturated/α-hetero) is 1. The molecule has 0 saturated heterocycles. The van der Waals surface area contributed by atoms with Crippen LogP contribution in [-0.4, -0.2) is 33.8 Å². The zero-order valence-electron chi connectivity index (χ0n) is 6.84. The van der Waals surface area contributed by atoms with Gasteiger partial charge >= 0.3 is 0 Å². The number of carbonyl (C=O) groups is 1. The van der Waals surface area contributed by atoms with Gasteiger partial charge in [-0.1, -0.05) is 6.08 Å². The Balaban J connectivity index is 2.87. The first-order valence-electron chi connectivity index (χ1n) is 3.80. The highest BCUT2D eigenvalue weighted by atomic mass is 16.3. The van der Waals surface area contributed by atoms with Gasteiger partial charge in [-0.15, -0.1) is 0 Å². The van der Waals surface area contributed by atoms with Gasteiger partial charge in [0.1, 0.15) is 0 Å². The van der Waals surface area contributed by atoms with Crippen LogP contribution in [0.2, 0.25) is 0 Å². The van der Waals surface area contributed by atoms with E-state index in [-0.39, 0.29) is 6.54 Å². The van der Waals surface area contributed by atoms with Crippen molar-refractivity contribution in [2.24, 2.45) is 11.7 Å². The highest BCUT2D eigenvalue weighted by Gasteiger charge is 2.30. The normalized spacial score (nSPS) is 25.1. The molecule has 1 aliphatic rings. The van der Waals surface area contributed by atoms with Crippen LogP contribution in [0.5, 0.6) is 0 Å². The average Bonchev–Trinajstić information content (AvgIpc) is 2.13. The van der Waals surface area contributed by atoms with E-state index in [0.717, 1.165) is 0 Å². The summed E-state index contributed by atoms with van der Waals surface area (Å²) in [4.78, 5) is 11.2. The molecule has 0 aromatic carbocycles. The van der Waals surface area contributed by atoms with Gasteiger partial charge in [0.05, 0.1) is 12.0 Å². The summed E-state index contributed by atoms with van der Waals surface area (Å²) in [6, 6.07) is 0. The molecule has 5 nitrogen and oxygen atoms in total. The predicted octanol–water partition coefficient (Wildman–Crippen LogP) is -0.611. The molecule has 0 aromatic heterocycles. The lowest BCUT2D eigenvalue weighted by Crippen LogP contribution is -2.35. The predicted molar refractivity (Wildman–Crippen MR) is 45.0 cm³/mol. The third kappa shape index (κ3) is 1.71. The van der Waals surface area contributed by atoms with E-state index in [9.17, 15) is 9.90 Å². The molecule has 0 radical (unpaired) electrons. The molecule has 0 fully saturated rings. The summed E-state index contributed by atoms with van der Waals surface area (Å²) in [5.41, 5.74) is 5.15. The van der Waals surface area contributed by atoms with E-state index in [2.05, 4.69) is 0 Å². The maximum atomic E-state index is 11.2. The standard InChI is InChI=1S/C8H11NO4/c9-3-6(11)4-1-2-5(10)8(13)7(4)12/h1-2,4,6,10-11,13H,3,9H2/t4?,6-/m0/s1. The molecule has 0 aliphatic heterocycles. The van der Waals surface area contributed by atoms with E-state index < -0.39 is 29.3 Å². The van der Waals surface area contributed by atoms with Crippen molar-refractivity contribution in [1.82, 2.24) is 0 Å². The van der Waals surface area contributed by atoms with Crippen LogP contribution in [0.25, 0.3) is 0 Å². The van der Waals surface area contributed by atoms with Gasteiger partial charge in [0.2, 0.25) is 11.5 Å². The number of hydrogen-bond donors (Lipinski definition) is 4. The number of rotatable bonds is 2. The quantitative estimate of drug-likeness (QED) is 0.459. The van der Waals surface area contributed by atoms with Gasteiger partial charge in [-0.3, -0.25) is 4.79 Å². The first-order valence-corrected chi connectivity index (χ1v) is 3.80. The minimum absolute atomic E-state index is 0.0746. The van der Waals surface area contributed by atoms with E-state index in [4.69, 9.17) is 15.9 Å². The van der Waals surface area contributed by atoms with Gasteiger partial charge in [0.25, 0.3) is 0 Å². The van der Waals surface area contributed by atoms with Gasteiger partial charge < -0.3 is 21.1 Å². The minimum Gasteiger partial charge on any atom is -0.504 e. The van der Waals surface area contributed by atoms with Crippen molar-refractivity contribution in [1.29, 1.82) is 0 Å². The molecule has 5 N–H and O–H groups in total. The number of allylic oxidation sites excluding steroid dienone is 2. The van der Waals surface area contributed by atoms with E-state index in [1.807, 2.05) is 0 Å². The van der Waals surface area contributed by atoms with Crippen molar-refractivity contribution in [2.45, 2.75) is 6.10 Å². The van der Waals surface area contributed by atoms with Crippen LogP contribution in [0.15, 0.2) is 23.7 Å². The lowest BCUT2D eigenvalue weighted by molar-refractivity contribution is -0.123.